The van der Waals surface area contributed by atoms with E-state index in [-0.39, 0.29) is 5.82 Å². The van der Waals surface area contributed by atoms with Crippen LogP contribution in [0, 0.1) is 5.82 Å². The standard InChI is InChI=1S/C16H19FN6/c1-21-11-16(19-20-21)23-6-4-22(5-7-23)10-14-8-12-2-3-13(17)9-15(12)18-14/h2-3,8-9,11,18H,4-7,10H2,1H3. The molecule has 1 fully saturated rings. The lowest BCUT2D eigenvalue weighted by atomic mass is 10.2. The molecule has 1 aliphatic rings. The number of nitrogens with one attached hydrogen (secondary N) is 1. The van der Waals surface area contributed by atoms with Gasteiger partial charge in [-0.25, -0.2) is 4.39 Å². The minimum Gasteiger partial charge on any atom is -0.357 e. The maximum atomic E-state index is 13.3. The van der Waals surface area contributed by atoms with E-state index in [9.17, 15) is 4.39 Å². The van der Waals surface area contributed by atoms with Crippen molar-refractivity contribution in [2.24, 2.45) is 7.05 Å². The van der Waals surface area contributed by atoms with E-state index in [2.05, 4.69) is 31.2 Å². The third-order valence-electron chi connectivity index (χ3n) is 4.32. The molecule has 0 bridgehead atoms. The first kappa shape index (κ1) is 14.2. The molecule has 0 unspecified atom stereocenters. The molecule has 1 saturated heterocycles. The normalized spacial score (nSPS) is 16.3. The van der Waals surface area contributed by atoms with Crippen molar-refractivity contribution in [3.05, 3.63) is 42.0 Å². The van der Waals surface area contributed by atoms with Gasteiger partial charge in [0.15, 0.2) is 5.82 Å². The molecule has 7 heteroatoms. The van der Waals surface area contributed by atoms with Gasteiger partial charge >= 0.3 is 0 Å². The highest BCUT2D eigenvalue weighted by Crippen LogP contribution is 2.19. The number of hydrogen-bond acceptors (Lipinski definition) is 4. The van der Waals surface area contributed by atoms with Crippen LogP contribution < -0.4 is 4.90 Å². The zero-order valence-electron chi connectivity index (χ0n) is 13.0. The van der Waals surface area contributed by atoms with Gasteiger partial charge in [-0.15, -0.1) is 5.10 Å². The van der Waals surface area contributed by atoms with Gasteiger partial charge in [0.2, 0.25) is 0 Å². The maximum Gasteiger partial charge on any atom is 0.171 e. The molecule has 3 aromatic rings. The number of benzene rings is 1. The van der Waals surface area contributed by atoms with E-state index < -0.39 is 0 Å². The number of anilines is 1. The molecule has 2 aromatic heterocycles. The first-order valence-electron chi connectivity index (χ1n) is 7.78. The van der Waals surface area contributed by atoms with Crippen molar-refractivity contribution in [1.82, 2.24) is 24.9 Å². The molecule has 0 spiro atoms. The molecule has 0 aliphatic carbocycles. The highest BCUT2D eigenvalue weighted by molar-refractivity contribution is 5.80. The molecule has 1 N–H and O–H groups in total. The number of hydrogen-bond donors (Lipinski definition) is 1. The van der Waals surface area contributed by atoms with Gasteiger partial charge < -0.3 is 9.88 Å². The Balaban J connectivity index is 1.40. The monoisotopic (exact) mass is 314 g/mol. The number of nitrogens with zero attached hydrogens (tertiary/aromatic N) is 5. The number of aromatic amines is 1. The van der Waals surface area contributed by atoms with E-state index in [4.69, 9.17) is 0 Å². The second-order valence-corrected chi connectivity index (χ2v) is 6.04. The van der Waals surface area contributed by atoms with Crippen LogP contribution in [0.4, 0.5) is 10.2 Å². The van der Waals surface area contributed by atoms with Crippen LogP contribution in [0.2, 0.25) is 0 Å². The van der Waals surface area contributed by atoms with Crippen molar-refractivity contribution in [1.29, 1.82) is 0 Å². The molecule has 4 rings (SSSR count). The summed E-state index contributed by atoms with van der Waals surface area (Å²) in [5.74, 6) is 0.733. The van der Waals surface area contributed by atoms with Crippen molar-refractivity contribution in [3.8, 4) is 0 Å². The molecule has 6 nitrogen and oxygen atoms in total. The molecule has 1 aliphatic heterocycles. The van der Waals surface area contributed by atoms with Crippen LogP contribution in [0.3, 0.4) is 0 Å². The number of aromatic nitrogens is 4. The predicted molar refractivity (Wildman–Crippen MR) is 86.7 cm³/mol. The van der Waals surface area contributed by atoms with E-state index in [1.54, 1.807) is 10.7 Å². The number of fused-ring (bicyclic) bond motifs is 1. The number of aryl methyl sites for hydroxylation is 1. The lowest BCUT2D eigenvalue weighted by molar-refractivity contribution is 0.247. The van der Waals surface area contributed by atoms with Crippen LogP contribution in [0.25, 0.3) is 10.9 Å². The van der Waals surface area contributed by atoms with Gasteiger partial charge in [-0.1, -0.05) is 5.21 Å². The van der Waals surface area contributed by atoms with Crippen molar-refractivity contribution < 1.29 is 4.39 Å². The van der Waals surface area contributed by atoms with Crippen LogP contribution in [0.5, 0.6) is 0 Å². The summed E-state index contributed by atoms with van der Waals surface area (Å²) in [6.07, 6.45) is 1.95. The van der Waals surface area contributed by atoms with Gasteiger partial charge in [-0.2, -0.15) is 0 Å². The van der Waals surface area contributed by atoms with E-state index >= 15 is 0 Å². The summed E-state index contributed by atoms with van der Waals surface area (Å²) in [6.45, 7) is 4.67. The van der Waals surface area contributed by atoms with E-state index in [0.29, 0.717) is 0 Å². The summed E-state index contributed by atoms with van der Waals surface area (Å²) in [5.41, 5.74) is 1.98. The van der Waals surface area contributed by atoms with E-state index in [1.165, 1.54) is 6.07 Å². The smallest absolute Gasteiger partial charge is 0.171 e. The minimum absolute atomic E-state index is 0.205. The van der Waals surface area contributed by atoms with Crippen LogP contribution in [0.1, 0.15) is 5.69 Å². The molecular formula is C16H19FN6. The molecule has 1 aromatic carbocycles. The summed E-state index contributed by atoms with van der Waals surface area (Å²) in [7, 11) is 1.88. The third-order valence-corrected chi connectivity index (χ3v) is 4.32. The summed E-state index contributed by atoms with van der Waals surface area (Å²) < 4.78 is 15.0. The van der Waals surface area contributed by atoms with Crippen LogP contribution in [0.15, 0.2) is 30.5 Å². The summed E-state index contributed by atoms with van der Waals surface area (Å²) in [5, 5.41) is 9.21. The highest BCUT2D eigenvalue weighted by atomic mass is 19.1. The van der Waals surface area contributed by atoms with Gasteiger partial charge in [0.1, 0.15) is 5.82 Å². The van der Waals surface area contributed by atoms with Crippen molar-refractivity contribution in [2.75, 3.05) is 31.1 Å². The topological polar surface area (TPSA) is 53.0 Å². The van der Waals surface area contributed by atoms with Gasteiger partial charge in [-0.3, -0.25) is 9.58 Å². The van der Waals surface area contributed by atoms with Crippen LogP contribution in [-0.4, -0.2) is 51.1 Å². The average Bonchev–Trinajstić information content (AvgIpc) is 3.13. The van der Waals surface area contributed by atoms with Crippen molar-refractivity contribution in [3.63, 3.8) is 0 Å². The van der Waals surface area contributed by atoms with Crippen LogP contribution in [-0.2, 0) is 13.6 Å². The zero-order chi connectivity index (χ0) is 15.8. The molecule has 0 saturated carbocycles. The minimum atomic E-state index is -0.205. The Kier molecular flexibility index (Phi) is 3.49. The lowest BCUT2D eigenvalue weighted by Crippen LogP contribution is -2.46. The van der Waals surface area contributed by atoms with Crippen molar-refractivity contribution >= 4 is 16.7 Å². The Morgan fingerprint density at radius 1 is 1.17 bits per heavy atom. The van der Waals surface area contributed by atoms with Crippen molar-refractivity contribution in [2.45, 2.75) is 6.54 Å². The fraction of sp³-hybridized carbons (Fsp3) is 0.375. The Morgan fingerprint density at radius 3 is 2.74 bits per heavy atom. The highest BCUT2D eigenvalue weighted by Gasteiger charge is 2.19. The third kappa shape index (κ3) is 2.92. The maximum absolute atomic E-state index is 13.3. The fourth-order valence-electron chi connectivity index (χ4n) is 3.10. The second-order valence-electron chi connectivity index (χ2n) is 6.04. The Labute approximate surface area is 133 Å². The summed E-state index contributed by atoms with van der Waals surface area (Å²) >= 11 is 0. The van der Waals surface area contributed by atoms with E-state index in [0.717, 1.165) is 55.1 Å². The van der Waals surface area contributed by atoms with Gasteiger partial charge in [0, 0.05) is 51.0 Å². The number of piperazine rings is 1. The molecule has 0 atom stereocenters. The summed E-state index contributed by atoms with van der Waals surface area (Å²) in [6, 6.07) is 6.96. The predicted octanol–water partition coefficient (Wildman–Crippen LogP) is 1.76. The van der Waals surface area contributed by atoms with Gasteiger partial charge in [-0.05, 0) is 29.7 Å². The Bertz CT molecular complexity index is 815. The van der Waals surface area contributed by atoms with Crippen LogP contribution >= 0.6 is 0 Å². The fourth-order valence-corrected chi connectivity index (χ4v) is 3.10. The molecule has 0 amide bonds. The second kappa shape index (κ2) is 5.66. The van der Waals surface area contributed by atoms with Gasteiger partial charge in [0.05, 0.1) is 6.20 Å². The number of rotatable bonds is 3. The number of halogens is 1. The Morgan fingerprint density at radius 2 is 2.00 bits per heavy atom. The number of H-pyrrole nitrogens is 1. The Hall–Kier alpha value is -2.41. The first-order chi connectivity index (χ1) is 11.2. The SMILES string of the molecule is Cn1cc(N2CCN(Cc3cc4ccc(F)cc4[nH]3)CC2)nn1. The lowest BCUT2D eigenvalue weighted by Gasteiger charge is -2.34. The molecule has 120 valence electrons. The summed E-state index contributed by atoms with van der Waals surface area (Å²) in [4.78, 5) is 7.96. The quantitative estimate of drug-likeness (QED) is 0.800. The average molecular weight is 314 g/mol. The molecule has 0 radical (unpaired) electrons. The zero-order valence-corrected chi connectivity index (χ0v) is 13.0. The molecule has 23 heavy (non-hydrogen) atoms. The molecular weight excluding hydrogens is 295 g/mol. The molecule has 3 heterocycles. The van der Waals surface area contributed by atoms with Gasteiger partial charge in [0.25, 0.3) is 0 Å². The first-order valence-corrected chi connectivity index (χ1v) is 7.78. The largest absolute Gasteiger partial charge is 0.357 e. The van der Waals surface area contributed by atoms with E-state index in [1.807, 2.05) is 19.3 Å².